The number of para-hydroxylation sites is 2. The molecule has 2 aromatic carbocycles. The fourth-order valence-corrected chi connectivity index (χ4v) is 2.82. The van der Waals surface area contributed by atoms with Gasteiger partial charge >= 0.3 is 6.03 Å². The minimum absolute atomic E-state index is 0.0219. The number of urea groups is 1. The minimum Gasteiger partial charge on any atom is -0.508 e. The van der Waals surface area contributed by atoms with Crippen molar-refractivity contribution in [2.45, 2.75) is 19.5 Å². The molecule has 0 aliphatic carbocycles. The van der Waals surface area contributed by atoms with E-state index >= 15 is 0 Å². The Labute approximate surface area is 162 Å². The topological polar surface area (TPSA) is 109 Å². The molecule has 0 saturated heterocycles. The van der Waals surface area contributed by atoms with Crippen LogP contribution in [-0.2, 0) is 24.3 Å². The van der Waals surface area contributed by atoms with Gasteiger partial charge in [-0.25, -0.2) is 4.79 Å². The summed E-state index contributed by atoms with van der Waals surface area (Å²) in [4.78, 5) is 25.8. The monoisotopic (exact) mass is 379 g/mol. The van der Waals surface area contributed by atoms with Crippen molar-refractivity contribution < 1.29 is 19.1 Å². The van der Waals surface area contributed by atoms with Gasteiger partial charge in [0.15, 0.2) is 0 Å². The lowest BCUT2D eigenvalue weighted by atomic mass is 10.1. The van der Waals surface area contributed by atoms with Gasteiger partial charge in [0.25, 0.3) is 0 Å². The van der Waals surface area contributed by atoms with Gasteiger partial charge in [0, 0.05) is 11.3 Å². The summed E-state index contributed by atoms with van der Waals surface area (Å²) in [6.07, 6.45) is 1.56. The molecule has 0 unspecified atom stereocenters. The predicted octanol–water partition coefficient (Wildman–Crippen LogP) is 3.25. The van der Waals surface area contributed by atoms with Crippen molar-refractivity contribution >= 4 is 17.6 Å². The molecule has 0 aliphatic rings. The van der Waals surface area contributed by atoms with Gasteiger partial charge in [-0.15, -0.1) is 0 Å². The van der Waals surface area contributed by atoms with Crippen LogP contribution in [0.1, 0.15) is 16.9 Å². The van der Waals surface area contributed by atoms with Gasteiger partial charge in [-0.2, -0.15) is 0 Å². The van der Waals surface area contributed by atoms with Crippen LogP contribution in [0.4, 0.5) is 10.5 Å². The van der Waals surface area contributed by atoms with E-state index in [-0.39, 0.29) is 25.3 Å². The van der Waals surface area contributed by atoms with Crippen LogP contribution in [0.5, 0.6) is 5.75 Å². The number of nitrogens with two attached hydrogens (primary N) is 1. The Morgan fingerprint density at radius 1 is 0.964 bits per heavy atom. The van der Waals surface area contributed by atoms with E-state index in [0.29, 0.717) is 22.6 Å². The number of hydrogen-bond donors (Lipinski definition) is 3. The van der Waals surface area contributed by atoms with Gasteiger partial charge in [0.2, 0.25) is 5.91 Å². The first kappa shape index (κ1) is 19.0. The van der Waals surface area contributed by atoms with E-state index in [1.165, 1.54) is 11.2 Å². The molecule has 3 rings (SSSR count). The van der Waals surface area contributed by atoms with E-state index in [9.17, 15) is 14.7 Å². The second-order valence-corrected chi connectivity index (χ2v) is 6.29. The lowest BCUT2D eigenvalue weighted by Crippen LogP contribution is -2.34. The first-order valence-electron chi connectivity index (χ1n) is 8.74. The number of aromatic hydroxyl groups is 1. The Morgan fingerprint density at radius 3 is 2.36 bits per heavy atom. The van der Waals surface area contributed by atoms with Gasteiger partial charge in [0.1, 0.15) is 11.5 Å². The zero-order valence-electron chi connectivity index (χ0n) is 15.2. The molecule has 1 aromatic heterocycles. The number of nitrogens with zero attached hydrogens (tertiary/aromatic N) is 1. The van der Waals surface area contributed by atoms with Gasteiger partial charge in [-0.05, 0) is 29.8 Å². The van der Waals surface area contributed by atoms with Crippen LogP contribution >= 0.6 is 0 Å². The standard InChI is InChI=1S/C21H21N3O4/c22-20(26)12-15-6-1-3-9-18(15)23-21(27)24(14-17-8-5-11-28-17)13-16-7-2-4-10-19(16)25/h1-11,25H,12-14H2,(H2,22,26)(H,23,27). The number of amides is 3. The van der Waals surface area contributed by atoms with E-state index in [1.54, 1.807) is 60.7 Å². The summed E-state index contributed by atoms with van der Waals surface area (Å²) >= 11 is 0. The third kappa shape index (κ3) is 4.91. The van der Waals surface area contributed by atoms with Crippen LogP contribution in [0, 0.1) is 0 Å². The van der Waals surface area contributed by atoms with E-state index in [4.69, 9.17) is 10.2 Å². The summed E-state index contributed by atoms with van der Waals surface area (Å²) in [5.74, 6) is 0.230. The lowest BCUT2D eigenvalue weighted by molar-refractivity contribution is -0.117. The van der Waals surface area contributed by atoms with E-state index in [0.717, 1.165) is 0 Å². The van der Waals surface area contributed by atoms with Crippen molar-refractivity contribution in [1.82, 2.24) is 4.90 Å². The van der Waals surface area contributed by atoms with Crippen LogP contribution in [0.3, 0.4) is 0 Å². The van der Waals surface area contributed by atoms with E-state index in [1.807, 2.05) is 0 Å². The highest BCUT2D eigenvalue weighted by atomic mass is 16.3. The summed E-state index contributed by atoms with van der Waals surface area (Å²) in [7, 11) is 0. The Bertz CT molecular complexity index is 954. The average Bonchev–Trinajstić information content (AvgIpc) is 3.17. The van der Waals surface area contributed by atoms with Crippen LogP contribution < -0.4 is 11.1 Å². The number of hydrogen-bond acceptors (Lipinski definition) is 4. The number of primary amides is 1. The van der Waals surface area contributed by atoms with Crippen molar-refractivity contribution in [3.05, 3.63) is 83.8 Å². The highest BCUT2D eigenvalue weighted by Crippen LogP contribution is 2.21. The first-order chi connectivity index (χ1) is 13.5. The van der Waals surface area contributed by atoms with E-state index < -0.39 is 11.9 Å². The number of phenols is 1. The molecule has 4 N–H and O–H groups in total. The fraction of sp³-hybridized carbons (Fsp3) is 0.143. The van der Waals surface area contributed by atoms with E-state index in [2.05, 4.69) is 5.32 Å². The number of carbonyl (C=O) groups excluding carboxylic acids is 2. The average molecular weight is 379 g/mol. The van der Waals surface area contributed by atoms with Gasteiger partial charge < -0.3 is 25.5 Å². The maximum atomic E-state index is 13.0. The number of anilines is 1. The Morgan fingerprint density at radius 2 is 1.68 bits per heavy atom. The zero-order valence-corrected chi connectivity index (χ0v) is 15.2. The number of phenolic OH excluding ortho intramolecular Hbond substituents is 1. The smallest absolute Gasteiger partial charge is 0.322 e. The van der Waals surface area contributed by atoms with Gasteiger partial charge in [-0.3, -0.25) is 4.79 Å². The van der Waals surface area contributed by atoms with Crippen molar-refractivity contribution in [2.24, 2.45) is 5.73 Å². The number of nitrogens with one attached hydrogen (secondary N) is 1. The molecule has 3 amide bonds. The molecule has 0 atom stereocenters. The van der Waals surface area contributed by atoms with Gasteiger partial charge in [0.05, 0.1) is 25.8 Å². The number of furan rings is 1. The number of carbonyl (C=O) groups is 2. The second kappa shape index (κ2) is 8.77. The maximum Gasteiger partial charge on any atom is 0.322 e. The molecule has 0 bridgehead atoms. The SMILES string of the molecule is NC(=O)Cc1ccccc1NC(=O)N(Cc1ccco1)Cc1ccccc1O. The summed E-state index contributed by atoms with van der Waals surface area (Å²) in [6, 6.07) is 16.9. The fourth-order valence-electron chi connectivity index (χ4n) is 2.82. The number of benzene rings is 2. The predicted molar refractivity (Wildman–Crippen MR) is 104 cm³/mol. The molecule has 0 saturated carbocycles. The summed E-state index contributed by atoms with van der Waals surface area (Å²) in [6.45, 7) is 0.391. The Hall–Kier alpha value is -3.74. The number of rotatable bonds is 7. The van der Waals surface area contributed by atoms with Crippen molar-refractivity contribution in [1.29, 1.82) is 0 Å². The highest BCUT2D eigenvalue weighted by molar-refractivity contribution is 5.91. The van der Waals surface area contributed by atoms with Crippen LogP contribution in [-0.4, -0.2) is 21.9 Å². The Kier molecular flexibility index (Phi) is 5.96. The third-order valence-corrected chi connectivity index (χ3v) is 4.19. The molecule has 0 fully saturated rings. The molecule has 0 aliphatic heterocycles. The lowest BCUT2D eigenvalue weighted by Gasteiger charge is -2.23. The first-order valence-corrected chi connectivity index (χ1v) is 8.74. The second-order valence-electron chi connectivity index (χ2n) is 6.29. The molecule has 7 heteroatoms. The summed E-state index contributed by atoms with van der Waals surface area (Å²) in [5.41, 5.74) is 7.03. The molecule has 28 heavy (non-hydrogen) atoms. The van der Waals surface area contributed by atoms with Crippen molar-refractivity contribution in [3.8, 4) is 5.75 Å². The van der Waals surface area contributed by atoms with Crippen LogP contribution in [0.2, 0.25) is 0 Å². The molecule has 7 nitrogen and oxygen atoms in total. The highest BCUT2D eigenvalue weighted by Gasteiger charge is 2.19. The summed E-state index contributed by atoms with van der Waals surface area (Å²) < 4.78 is 5.36. The molecular weight excluding hydrogens is 358 g/mol. The van der Waals surface area contributed by atoms with Crippen LogP contribution in [0.25, 0.3) is 0 Å². The Balaban J connectivity index is 1.82. The molecule has 0 spiro atoms. The molecule has 144 valence electrons. The summed E-state index contributed by atoms with van der Waals surface area (Å²) in [5, 5.41) is 12.9. The molecule has 3 aromatic rings. The normalized spacial score (nSPS) is 10.4. The molecular formula is C21H21N3O4. The van der Waals surface area contributed by atoms with Crippen molar-refractivity contribution in [2.75, 3.05) is 5.32 Å². The van der Waals surface area contributed by atoms with Crippen molar-refractivity contribution in [3.63, 3.8) is 0 Å². The van der Waals surface area contributed by atoms with Crippen LogP contribution in [0.15, 0.2) is 71.3 Å². The quantitative estimate of drug-likeness (QED) is 0.585. The zero-order chi connectivity index (χ0) is 19.9. The largest absolute Gasteiger partial charge is 0.508 e. The maximum absolute atomic E-state index is 13.0. The third-order valence-electron chi connectivity index (χ3n) is 4.19. The molecule has 1 heterocycles. The minimum atomic E-state index is -0.483. The van der Waals surface area contributed by atoms with Gasteiger partial charge in [-0.1, -0.05) is 36.4 Å². The molecule has 0 radical (unpaired) electrons.